The topological polar surface area (TPSA) is 60.7 Å². The lowest BCUT2D eigenvalue weighted by Gasteiger charge is -1.98. The van der Waals surface area contributed by atoms with E-state index < -0.39 is 0 Å². The summed E-state index contributed by atoms with van der Waals surface area (Å²) in [6.07, 6.45) is 1.69. The third-order valence-corrected chi connectivity index (χ3v) is 2.49. The zero-order valence-electron chi connectivity index (χ0n) is 9.84. The molecule has 0 saturated heterocycles. The van der Waals surface area contributed by atoms with Crippen LogP contribution in [0, 0.1) is 29.6 Å². The summed E-state index contributed by atoms with van der Waals surface area (Å²) >= 11 is 0. The van der Waals surface area contributed by atoms with Crippen molar-refractivity contribution in [3.63, 3.8) is 0 Å². The lowest BCUT2D eigenvalue weighted by atomic mass is 10.0. The number of nitrogens with zero attached hydrogens (tertiary/aromatic N) is 2. The SMILES string of the molecule is Cc1ccc(/C=C(\C#N)c2ccc(C#N)cc2)o1. The maximum Gasteiger partial charge on any atom is 0.128 e. The number of hydrogen-bond donors (Lipinski definition) is 0. The van der Waals surface area contributed by atoms with Crippen molar-refractivity contribution in [1.29, 1.82) is 10.5 Å². The lowest BCUT2D eigenvalue weighted by Crippen LogP contribution is -1.82. The van der Waals surface area contributed by atoms with Crippen LogP contribution in [0.4, 0.5) is 0 Å². The first-order valence-electron chi connectivity index (χ1n) is 5.41. The van der Waals surface area contributed by atoms with Gasteiger partial charge in [0.05, 0.1) is 23.3 Å². The Bertz CT molecular complexity index is 664. The molecule has 1 aromatic carbocycles. The van der Waals surface area contributed by atoms with E-state index in [1.807, 2.05) is 25.1 Å². The molecular weight excluding hydrogens is 224 g/mol. The highest BCUT2D eigenvalue weighted by atomic mass is 16.3. The standard InChI is InChI=1S/C15H10N2O/c1-11-2-7-15(18-11)8-14(10-17)13-5-3-12(9-16)4-6-13/h2-8H,1H3/b14-8+. The number of nitriles is 2. The fraction of sp³-hybridized carbons (Fsp3) is 0.0667. The normalized spacial score (nSPS) is 10.7. The number of rotatable bonds is 2. The van der Waals surface area contributed by atoms with Crippen molar-refractivity contribution in [2.24, 2.45) is 0 Å². The summed E-state index contributed by atoms with van der Waals surface area (Å²) in [6.45, 7) is 1.85. The van der Waals surface area contributed by atoms with E-state index in [1.54, 1.807) is 30.3 Å². The van der Waals surface area contributed by atoms with Gasteiger partial charge >= 0.3 is 0 Å². The molecule has 0 amide bonds. The van der Waals surface area contributed by atoms with Crippen molar-refractivity contribution in [3.8, 4) is 12.1 Å². The molecule has 0 aliphatic rings. The third-order valence-electron chi connectivity index (χ3n) is 2.49. The van der Waals surface area contributed by atoms with E-state index in [4.69, 9.17) is 14.9 Å². The monoisotopic (exact) mass is 234 g/mol. The van der Waals surface area contributed by atoms with Crippen LogP contribution in [-0.2, 0) is 0 Å². The fourth-order valence-electron chi connectivity index (χ4n) is 1.58. The maximum atomic E-state index is 9.15. The van der Waals surface area contributed by atoms with Gasteiger partial charge in [0.25, 0.3) is 0 Å². The van der Waals surface area contributed by atoms with Gasteiger partial charge in [-0.15, -0.1) is 0 Å². The van der Waals surface area contributed by atoms with Crippen LogP contribution in [0.5, 0.6) is 0 Å². The number of furan rings is 1. The average Bonchev–Trinajstić information content (AvgIpc) is 2.82. The van der Waals surface area contributed by atoms with E-state index in [9.17, 15) is 0 Å². The molecule has 1 heterocycles. The van der Waals surface area contributed by atoms with Crippen LogP contribution in [-0.4, -0.2) is 0 Å². The van der Waals surface area contributed by atoms with Gasteiger partial charge in [0, 0.05) is 0 Å². The van der Waals surface area contributed by atoms with E-state index in [2.05, 4.69) is 6.07 Å². The number of aryl methyl sites for hydroxylation is 1. The van der Waals surface area contributed by atoms with E-state index >= 15 is 0 Å². The molecule has 86 valence electrons. The van der Waals surface area contributed by atoms with Crippen molar-refractivity contribution in [2.45, 2.75) is 6.92 Å². The van der Waals surface area contributed by atoms with E-state index in [-0.39, 0.29) is 0 Å². The Hall–Kier alpha value is -2.78. The summed E-state index contributed by atoms with van der Waals surface area (Å²) in [4.78, 5) is 0. The summed E-state index contributed by atoms with van der Waals surface area (Å²) in [6, 6.07) is 14.7. The van der Waals surface area contributed by atoms with Gasteiger partial charge in [0.15, 0.2) is 0 Å². The molecule has 2 rings (SSSR count). The van der Waals surface area contributed by atoms with Crippen molar-refractivity contribution >= 4 is 11.6 Å². The fourth-order valence-corrected chi connectivity index (χ4v) is 1.58. The molecule has 0 radical (unpaired) electrons. The molecule has 0 unspecified atom stereocenters. The Balaban J connectivity index is 2.37. The smallest absolute Gasteiger partial charge is 0.128 e. The van der Waals surface area contributed by atoms with Crippen molar-refractivity contribution in [2.75, 3.05) is 0 Å². The predicted molar refractivity (Wildman–Crippen MR) is 68.1 cm³/mol. The quantitative estimate of drug-likeness (QED) is 0.747. The summed E-state index contributed by atoms with van der Waals surface area (Å²) in [5.41, 5.74) is 1.85. The van der Waals surface area contributed by atoms with Gasteiger partial charge in [-0.1, -0.05) is 12.1 Å². The molecule has 3 heteroatoms. The van der Waals surface area contributed by atoms with Gasteiger partial charge in [-0.05, 0) is 42.8 Å². The molecule has 0 spiro atoms. The Kier molecular flexibility index (Phi) is 3.27. The number of allylic oxidation sites excluding steroid dienone is 1. The molecule has 0 atom stereocenters. The summed E-state index contributed by atoms with van der Waals surface area (Å²) in [7, 11) is 0. The average molecular weight is 234 g/mol. The van der Waals surface area contributed by atoms with Crippen LogP contribution in [0.15, 0.2) is 40.8 Å². The van der Waals surface area contributed by atoms with Gasteiger partial charge < -0.3 is 4.42 Å². The second kappa shape index (κ2) is 5.03. The molecule has 0 aliphatic heterocycles. The van der Waals surface area contributed by atoms with Gasteiger partial charge in [-0.2, -0.15) is 10.5 Å². The second-order valence-corrected chi connectivity index (χ2v) is 3.81. The van der Waals surface area contributed by atoms with Crippen LogP contribution in [0.3, 0.4) is 0 Å². The Morgan fingerprint density at radius 3 is 2.33 bits per heavy atom. The Morgan fingerprint density at radius 2 is 1.83 bits per heavy atom. The zero-order valence-corrected chi connectivity index (χ0v) is 9.84. The van der Waals surface area contributed by atoms with Crippen LogP contribution in [0.25, 0.3) is 11.6 Å². The van der Waals surface area contributed by atoms with Gasteiger partial charge in [-0.3, -0.25) is 0 Å². The van der Waals surface area contributed by atoms with E-state index in [0.717, 1.165) is 11.3 Å². The first kappa shape index (κ1) is 11.7. The number of hydrogen-bond acceptors (Lipinski definition) is 3. The van der Waals surface area contributed by atoms with Crippen LogP contribution in [0.1, 0.15) is 22.6 Å². The second-order valence-electron chi connectivity index (χ2n) is 3.81. The minimum Gasteiger partial charge on any atom is -0.462 e. The summed E-state index contributed by atoms with van der Waals surface area (Å²) < 4.78 is 5.40. The predicted octanol–water partition coefficient (Wildman–Crippen LogP) is 3.52. The molecular formula is C15H10N2O. The molecule has 0 saturated carbocycles. The molecule has 3 nitrogen and oxygen atoms in total. The van der Waals surface area contributed by atoms with Gasteiger partial charge in [-0.25, -0.2) is 0 Å². The minimum atomic E-state index is 0.508. The van der Waals surface area contributed by atoms with Crippen LogP contribution in [0.2, 0.25) is 0 Å². The highest BCUT2D eigenvalue weighted by Crippen LogP contribution is 2.19. The Labute approximate surface area is 105 Å². The summed E-state index contributed by atoms with van der Waals surface area (Å²) in [5, 5.41) is 17.9. The minimum absolute atomic E-state index is 0.508. The third kappa shape index (κ3) is 2.48. The Morgan fingerprint density at radius 1 is 1.11 bits per heavy atom. The molecule has 0 fully saturated rings. The largest absolute Gasteiger partial charge is 0.462 e. The van der Waals surface area contributed by atoms with Crippen LogP contribution >= 0.6 is 0 Å². The van der Waals surface area contributed by atoms with Crippen molar-refractivity contribution in [3.05, 3.63) is 59.0 Å². The molecule has 18 heavy (non-hydrogen) atoms. The van der Waals surface area contributed by atoms with Crippen molar-refractivity contribution in [1.82, 2.24) is 0 Å². The van der Waals surface area contributed by atoms with Gasteiger partial charge in [0.1, 0.15) is 11.5 Å². The van der Waals surface area contributed by atoms with E-state index in [1.165, 1.54) is 0 Å². The first-order chi connectivity index (χ1) is 8.72. The molecule has 1 aromatic heterocycles. The number of benzene rings is 1. The van der Waals surface area contributed by atoms with E-state index in [0.29, 0.717) is 16.9 Å². The zero-order chi connectivity index (χ0) is 13.0. The van der Waals surface area contributed by atoms with Crippen molar-refractivity contribution < 1.29 is 4.42 Å². The molecule has 2 aromatic rings. The lowest BCUT2D eigenvalue weighted by molar-refractivity contribution is 0.525. The first-order valence-corrected chi connectivity index (χ1v) is 5.41. The molecule has 0 N–H and O–H groups in total. The molecule has 0 bridgehead atoms. The highest BCUT2D eigenvalue weighted by Gasteiger charge is 2.03. The van der Waals surface area contributed by atoms with Gasteiger partial charge in [0.2, 0.25) is 0 Å². The highest BCUT2D eigenvalue weighted by molar-refractivity contribution is 5.88. The van der Waals surface area contributed by atoms with Crippen LogP contribution < -0.4 is 0 Å². The molecule has 0 aliphatic carbocycles. The summed E-state index contributed by atoms with van der Waals surface area (Å²) in [5.74, 6) is 1.45. The maximum absolute atomic E-state index is 9.15.